The van der Waals surface area contributed by atoms with E-state index in [2.05, 4.69) is 0 Å². The van der Waals surface area contributed by atoms with Crippen LogP contribution >= 0.6 is 0 Å². The standard InChI is InChI=1S/C13H14O4/c1-13(2)11(16-12(14)17-13)8-9-4-6-10(15-3)7-5-9/h4-8H,1-3H3. The first kappa shape index (κ1) is 11.5. The van der Waals surface area contributed by atoms with Crippen LogP contribution in [0.5, 0.6) is 5.75 Å². The monoisotopic (exact) mass is 234 g/mol. The van der Waals surface area contributed by atoms with Crippen LogP contribution in [0.1, 0.15) is 19.4 Å². The Morgan fingerprint density at radius 2 is 1.88 bits per heavy atom. The molecule has 1 aliphatic rings. The van der Waals surface area contributed by atoms with Crippen LogP contribution in [0, 0.1) is 0 Å². The quantitative estimate of drug-likeness (QED) is 0.738. The summed E-state index contributed by atoms with van der Waals surface area (Å²) in [4.78, 5) is 11.1. The molecule has 1 fully saturated rings. The lowest BCUT2D eigenvalue weighted by Crippen LogP contribution is -2.20. The van der Waals surface area contributed by atoms with Crippen molar-refractivity contribution in [3.63, 3.8) is 0 Å². The van der Waals surface area contributed by atoms with E-state index >= 15 is 0 Å². The van der Waals surface area contributed by atoms with Gasteiger partial charge in [0.15, 0.2) is 11.4 Å². The van der Waals surface area contributed by atoms with Crippen molar-refractivity contribution in [2.24, 2.45) is 0 Å². The van der Waals surface area contributed by atoms with Gasteiger partial charge in [0, 0.05) is 0 Å². The molecule has 0 aromatic heterocycles. The van der Waals surface area contributed by atoms with Gasteiger partial charge in [0.25, 0.3) is 0 Å². The number of carbonyl (C=O) groups excluding carboxylic acids is 1. The Labute approximate surface area is 99.8 Å². The van der Waals surface area contributed by atoms with Gasteiger partial charge in [0.1, 0.15) is 5.75 Å². The van der Waals surface area contributed by atoms with Crippen LogP contribution in [0.15, 0.2) is 30.0 Å². The molecule has 0 bridgehead atoms. The summed E-state index contributed by atoms with van der Waals surface area (Å²) in [7, 11) is 1.61. The Balaban J connectivity index is 2.26. The topological polar surface area (TPSA) is 44.8 Å². The Kier molecular flexibility index (Phi) is 2.79. The Bertz CT molecular complexity index is 457. The van der Waals surface area contributed by atoms with Gasteiger partial charge in [-0.2, -0.15) is 0 Å². The molecule has 4 heteroatoms. The molecule has 4 nitrogen and oxygen atoms in total. The first-order chi connectivity index (χ1) is 8.01. The fourth-order valence-corrected chi connectivity index (χ4v) is 1.55. The van der Waals surface area contributed by atoms with Crippen molar-refractivity contribution in [2.45, 2.75) is 19.4 Å². The second-order valence-corrected chi connectivity index (χ2v) is 4.25. The van der Waals surface area contributed by atoms with Crippen molar-refractivity contribution in [1.82, 2.24) is 0 Å². The molecule has 0 spiro atoms. The lowest BCUT2D eigenvalue weighted by molar-refractivity contribution is 0.0873. The summed E-state index contributed by atoms with van der Waals surface area (Å²) in [5, 5.41) is 0. The van der Waals surface area contributed by atoms with Gasteiger partial charge in [-0.25, -0.2) is 4.79 Å². The maximum atomic E-state index is 11.1. The molecule has 0 aliphatic carbocycles. The molecule has 2 rings (SSSR count). The highest BCUT2D eigenvalue weighted by molar-refractivity contribution is 5.69. The minimum atomic E-state index is -0.711. The van der Waals surface area contributed by atoms with Crippen molar-refractivity contribution in [3.05, 3.63) is 35.6 Å². The average molecular weight is 234 g/mol. The van der Waals surface area contributed by atoms with Gasteiger partial charge in [-0.05, 0) is 37.6 Å². The number of carbonyl (C=O) groups is 1. The smallest absolute Gasteiger partial charge is 0.497 e. The molecule has 1 saturated heterocycles. The summed E-state index contributed by atoms with van der Waals surface area (Å²) in [6.07, 6.45) is 1.12. The Hall–Kier alpha value is -1.97. The molecule has 17 heavy (non-hydrogen) atoms. The molecule has 1 aromatic carbocycles. The number of rotatable bonds is 2. The zero-order valence-electron chi connectivity index (χ0n) is 10.0. The average Bonchev–Trinajstić information content (AvgIpc) is 2.53. The molecule has 0 atom stereocenters. The minimum Gasteiger partial charge on any atom is -0.497 e. The van der Waals surface area contributed by atoms with Crippen LogP contribution in [0.2, 0.25) is 0 Å². The summed E-state index contributed by atoms with van der Waals surface area (Å²) in [6.45, 7) is 3.57. The van der Waals surface area contributed by atoms with E-state index in [4.69, 9.17) is 14.2 Å². The van der Waals surface area contributed by atoms with E-state index < -0.39 is 11.8 Å². The van der Waals surface area contributed by atoms with Crippen LogP contribution in [-0.4, -0.2) is 18.9 Å². The van der Waals surface area contributed by atoms with Gasteiger partial charge in [0.05, 0.1) is 7.11 Å². The molecular formula is C13H14O4. The van der Waals surface area contributed by atoms with E-state index in [-0.39, 0.29) is 0 Å². The van der Waals surface area contributed by atoms with Crippen LogP contribution in [0.3, 0.4) is 0 Å². The number of ether oxygens (including phenoxy) is 3. The maximum Gasteiger partial charge on any atom is 0.514 e. The molecule has 0 N–H and O–H groups in total. The van der Waals surface area contributed by atoms with E-state index in [1.807, 2.05) is 24.3 Å². The zero-order chi connectivity index (χ0) is 12.5. The van der Waals surface area contributed by atoms with Gasteiger partial charge in [-0.15, -0.1) is 0 Å². The van der Waals surface area contributed by atoms with Crippen LogP contribution in [0.25, 0.3) is 6.08 Å². The highest BCUT2D eigenvalue weighted by Crippen LogP contribution is 2.31. The summed E-state index contributed by atoms with van der Waals surface area (Å²) < 4.78 is 15.1. The van der Waals surface area contributed by atoms with E-state index in [1.54, 1.807) is 27.0 Å². The third-order valence-corrected chi connectivity index (χ3v) is 2.54. The van der Waals surface area contributed by atoms with Crippen molar-refractivity contribution in [3.8, 4) is 5.75 Å². The normalized spacial score (nSPS) is 19.9. The summed E-state index contributed by atoms with van der Waals surface area (Å²) in [5.41, 5.74) is 0.212. The number of methoxy groups -OCH3 is 1. The summed E-state index contributed by atoms with van der Waals surface area (Å²) in [5.74, 6) is 1.29. The number of hydrogen-bond acceptors (Lipinski definition) is 4. The van der Waals surface area contributed by atoms with Crippen molar-refractivity contribution in [2.75, 3.05) is 7.11 Å². The van der Waals surface area contributed by atoms with Crippen molar-refractivity contribution < 1.29 is 19.0 Å². The van der Waals surface area contributed by atoms with Crippen LogP contribution in [-0.2, 0) is 9.47 Å². The fourth-order valence-electron chi connectivity index (χ4n) is 1.55. The second-order valence-electron chi connectivity index (χ2n) is 4.25. The van der Waals surface area contributed by atoms with E-state index in [0.717, 1.165) is 11.3 Å². The summed E-state index contributed by atoms with van der Waals surface area (Å²) in [6, 6.07) is 7.45. The zero-order valence-corrected chi connectivity index (χ0v) is 10.0. The SMILES string of the molecule is COc1ccc(C=C2OC(=O)OC2(C)C)cc1. The van der Waals surface area contributed by atoms with E-state index in [1.165, 1.54) is 0 Å². The lowest BCUT2D eigenvalue weighted by Gasteiger charge is -2.13. The first-order valence-corrected chi connectivity index (χ1v) is 5.28. The van der Waals surface area contributed by atoms with Gasteiger partial charge in [-0.3, -0.25) is 0 Å². The highest BCUT2D eigenvalue weighted by atomic mass is 16.8. The maximum absolute atomic E-state index is 11.1. The Morgan fingerprint density at radius 1 is 1.24 bits per heavy atom. The largest absolute Gasteiger partial charge is 0.514 e. The molecule has 1 aromatic rings. The number of hydrogen-bond donors (Lipinski definition) is 0. The molecule has 1 aliphatic heterocycles. The fraction of sp³-hybridized carbons (Fsp3) is 0.308. The molecule has 0 unspecified atom stereocenters. The summed E-state index contributed by atoms with van der Waals surface area (Å²) >= 11 is 0. The van der Waals surface area contributed by atoms with Crippen molar-refractivity contribution >= 4 is 12.2 Å². The van der Waals surface area contributed by atoms with E-state index in [0.29, 0.717) is 5.76 Å². The van der Waals surface area contributed by atoms with Gasteiger partial charge < -0.3 is 14.2 Å². The predicted octanol–water partition coefficient (Wildman–Crippen LogP) is 2.98. The van der Waals surface area contributed by atoms with Crippen molar-refractivity contribution in [1.29, 1.82) is 0 Å². The Morgan fingerprint density at radius 3 is 2.35 bits per heavy atom. The third kappa shape index (κ3) is 2.41. The molecule has 0 saturated carbocycles. The first-order valence-electron chi connectivity index (χ1n) is 5.28. The number of cyclic esters (lactones) is 2. The molecular weight excluding hydrogens is 220 g/mol. The third-order valence-electron chi connectivity index (χ3n) is 2.54. The molecule has 0 radical (unpaired) electrons. The second kappa shape index (κ2) is 4.13. The molecule has 1 heterocycles. The molecule has 0 amide bonds. The van der Waals surface area contributed by atoms with Gasteiger partial charge in [0.2, 0.25) is 0 Å². The van der Waals surface area contributed by atoms with Crippen LogP contribution < -0.4 is 4.74 Å². The van der Waals surface area contributed by atoms with Gasteiger partial charge >= 0.3 is 6.16 Å². The van der Waals surface area contributed by atoms with Crippen LogP contribution in [0.4, 0.5) is 4.79 Å². The molecule has 90 valence electrons. The van der Waals surface area contributed by atoms with E-state index in [9.17, 15) is 4.79 Å². The van der Waals surface area contributed by atoms with Gasteiger partial charge in [-0.1, -0.05) is 12.1 Å². The lowest BCUT2D eigenvalue weighted by atomic mass is 10.0. The highest BCUT2D eigenvalue weighted by Gasteiger charge is 2.39. The predicted molar refractivity (Wildman–Crippen MR) is 62.6 cm³/mol. The minimum absolute atomic E-state index is 0.507. The number of benzene rings is 1.